The third-order valence-electron chi connectivity index (χ3n) is 3.82. The summed E-state index contributed by atoms with van der Waals surface area (Å²) in [5.41, 5.74) is 0. The summed E-state index contributed by atoms with van der Waals surface area (Å²) in [5.74, 6) is 1.76. The van der Waals surface area contributed by atoms with E-state index in [-0.39, 0.29) is 0 Å². The van der Waals surface area contributed by atoms with Crippen molar-refractivity contribution in [2.45, 2.75) is 70.4 Å². The van der Waals surface area contributed by atoms with Crippen LogP contribution in [0.15, 0.2) is 0 Å². The predicted molar refractivity (Wildman–Crippen MR) is 76.2 cm³/mol. The van der Waals surface area contributed by atoms with Gasteiger partial charge in [0.25, 0.3) is 0 Å². The van der Waals surface area contributed by atoms with Gasteiger partial charge in [0, 0.05) is 16.5 Å². The van der Waals surface area contributed by atoms with Gasteiger partial charge < -0.3 is 5.32 Å². The zero-order chi connectivity index (χ0) is 12.1. The van der Waals surface area contributed by atoms with Crippen molar-refractivity contribution in [3.63, 3.8) is 0 Å². The molecular weight excluding hydrogens is 214 g/mol. The van der Waals surface area contributed by atoms with Crippen LogP contribution in [0.1, 0.15) is 53.9 Å². The van der Waals surface area contributed by atoms with Crippen LogP contribution >= 0.6 is 11.8 Å². The minimum atomic E-state index is 0.739. The van der Waals surface area contributed by atoms with Crippen molar-refractivity contribution in [1.82, 2.24) is 5.32 Å². The smallest absolute Gasteiger partial charge is 0.0229 e. The molecule has 0 bridgehead atoms. The number of nitrogens with one attached hydrogen (secondary N) is 1. The Bertz CT molecular complexity index is 195. The van der Waals surface area contributed by atoms with E-state index in [1.54, 1.807) is 0 Å². The Morgan fingerprint density at radius 3 is 2.50 bits per heavy atom. The Kier molecular flexibility index (Phi) is 6.20. The lowest BCUT2D eigenvalue weighted by atomic mass is 9.80. The molecule has 0 aromatic carbocycles. The standard InChI is InChI=1S/C14H29NS/c1-6-12(5)16-14-11(4)8-10(3)9-13(14)15-7-2/h10-15H,6-9H2,1-5H3. The van der Waals surface area contributed by atoms with Crippen molar-refractivity contribution in [3.8, 4) is 0 Å². The number of hydrogen-bond acceptors (Lipinski definition) is 2. The van der Waals surface area contributed by atoms with E-state index in [0.717, 1.165) is 34.9 Å². The minimum absolute atomic E-state index is 0.739. The van der Waals surface area contributed by atoms with E-state index >= 15 is 0 Å². The van der Waals surface area contributed by atoms with Crippen LogP contribution in [0.2, 0.25) is 0 Å². The average Bonchev–Trinajstić information content (AvgIpc) is 2.23. The Morgan fingerprint density at radius 1 is 1.25 bits per heavy atom. The maximum atomic E-state index is 3.70. The molecule has 0 heterocycles. The SMILES string of the molecule is CCNC1CC(C)CC(C)C1SC(C)CC. The fourth-order valence-electron chi connectivity index (χ4n) is 2.88. The van der Waals surface area contributed by atoms with Crippen molar-refractivity contribution < 1.29 is 0 Å². The van der Waals surface area contributed by atoms with Crippen molar-refractivity contribution in [2.24, 2.45) is 11.8 Å². The second-order valence-corrected chi connectivity index (χ2v) is 7.16. The highest BCUT2D eigenvalue weighted by atomic mass is 32.2. The first-order chi connectivity index (χ1) is 7.58. The van der Waals surface area contributed by atoms with E-state index in [0.29, 0.717) is 0 Å². The van der Waals surface area contributed by atoms with Crippen LogP contribution in [0.25, 0.3) is 0 Å². The maximum absolute atomic E-state index is 3.70. The normalized spacial score (nSPS) is 37.3. The second kappa shape index (κ2) is 6.90. The van der Waals surface area contributed by atoms with Crippen LogP contribution in [-0.4, -0.2) is 23.1 Å². The van der Waals surface area contributed by atoms with Gasteiger partial charge in [-0.05, 0) is 37.6 Å². The molecule has 0 saturated heterocycles. The van der Waals surface area contributed by atoms with Gasteiger partial charge in [0.15, 0.2) is 0 Å². The zero-order valence-corrected chi connectivity index (χ0v) is 12.4. The molecule has 96 valence electrons. The summed E-state index contributed by atoms with van der Waals surface area (Å²) in [6.45, 7) is 12.9. The first-order valence-electron chi connectivity index (χ1n) is 6.97. The molecule has 16 heavy (non-hydrogen) atoms. The fraction of sp³-hybridized carbons (Fsp3) is 1.00. The molecule has 5 atom stereocenters. The summed E-state index contributed by atoms with van der Waals surface area (Å²) in [4.78, 5) is 0. The summed E-state index contributed by atoms with van der Waals surface area (Å²) in [6.07, 6.45) is 4.07. The van der Waals surface area contributed by atoms with Crippen LogP contribution < -0.4 is 5.32 Å². The van der Waals surface area contributed by atoms with Gasteiger partial charge in [-0.25, -0.2) is 0 Å². The summed E-state index contributed by atoms with van der Waals surface area (Å²) in [6, 6.07) is 0.739. The molecule has 1 aliphatic carbocycles. The third kappa shape index (κ3) is 3.96. The van der Waals surface area contributed by atoms with Crippen molar-refractivity contribution in [2.75, 3.05) is 6.54 Å². The van der Waals surface area contributed by atoms with E-state index in [1.807, 2.05) is 0 Å². The van der Waals surface area contributed by atoms with Crippen molar-refractivity contribution >= 4 is 11.8 Å². The molecule has 1 aliphatic rings. The van der Waals surface area contributed by atoms with Crippen LogP contribution in [-0.2, 0) is 0 Å². The van der Waals surface area contributed by atoms with Crippen LogP contribution in [0.5, 0.6) is 0 Å². The van der Waals surface area contributed by atoms with Crippen LogP contribution in [0.4, 0.5) is 0 Å². The molecule has 5 unspecified atom stereocenters. The molecule has 0 aromatic heterocycles. The molecule has 1 rings (SSSR count). The van der Waals surface area contributed by atoms with Crippen molar-refractivity contribution in [3.05, 3.63) is 0 Å². The number of thioether (sulfide) groups is 1. The van der Waals surface area contributed by atoms with Gasteiger partial charge >= 0.3 is 0 Å². The summed E-state index contributed by atoms with van der Waals surface area (Å²) < 4.78 is 0. The predicted octanol–water partition coefficient (Wildman–Crippen LogP) is 3.93. The summed E-state index contributed by atoms with van der Waals surface area (Å²) >= 11 is 2.22. The van der Waals surface area contributed by atoms with E-state index < -0.39 is 0 Å². The van der Waals surface area contributed by atoms with Crippen LogP contribution in [0.3, 0.4) is 0 Å². The summed E-state index contributed by atoms with van der Waals surface area (Å²) in [7, 11) is 0. The van der Waals surface area contributed by atoms with E-state index in [9.17, 15) is 0 Å². The van der Waals surface area contributed by atoms with Crippen molar-refractivity contribution in [1.29, 1.82) is 0 Å². The summed E-state index contributed by atoms with van der Waals surface area (Å²) in [5, 5.41) is 5.34. The quantitative estimate of drug-likeness (QED) is 0.785. The largest absolute Gasteiger partial charge is 0.313 e. The first kappa shape index (κ1) is 14.4. The Hall–Kier alpha value is 0.310. The topological polar surface area (TPSA) is 12.0 Å². The Balaban J connectivity index is 2.59. The van der Waals surface area contributed by atoms with Gasteiger partial charge in [0.1, 0.15) is 0 Å². The second-order valence-electron chi connectivity index (χ2n) is 5.54. The molecule has 0 aromatic rings. The van der Waals surface area contributed by atoms with Gasteiger partial charge in [-0.1, -0.05) is 34.6 Å². The lowest BCUT2D eigenvalue weighted by molar-refractivity contribution is 0.251. The van der Waals surface area contributed by atoms with E-state index in [4.69, 9.17) is 0 Å². The molecule has 0 aliphatic heterocycles. The Morgan fingerprint density at radius 2 is 1.94 bits per heavy atom. The minimum Gasteiger partial charge on any atom is -0.313 e. The lowest BCUT2D eigenvalue weighted by Gasteiger charge is -2.40. The fourth-order valence-corrected chi connectivity index (χ4v) is 4.39. The van der Waals surface area contributed by atoms with Gasteiger partial charge in [-0.3, -0.25) is 0 Å². The highest BCUT2D eigenvalue weighted by Gasteiger charge is 2.34. The van der Waals surface area contributed by atoms with E-state index in [2.05, 4.69) is 51.7 Å². The van der Waals surface area contributed by atoms with E-state index in [1.165, 1.54) is 19.3 Å². The Labute approximate surface area is 106 Å². The van der Waals surface area contributed by atoms with Gasteiger partial charge in [0.2, 0.25) is 0 Å². The van der Waals surface area contributed by atoms with Gasteiger partial charge in [-0.2, -0.15) is 11.8 Å². The molecule has 1 nitrogen and oxygen atoms in total. The molecule has 1 fully saturated rings. The average molecular weight is 243 g/mol. The molecule has 0 spiro atoms. The number of hydrogen-bond donors (Lipinski definition) is 1. The molecule has 1 saturated carbocycles. The first-order valence-corrected chi connectivity index (χ1v) is 7.91. The molecule has 0 amide bonds. The molecule has 1 N–H and O–H groups in total. The lowest BCUT2D eigenvalue weighted by Crippen LogP contribution is -2.46. The number of rotatable bonds is 5. The monoisotopic (exact) mass is 243 g/mol. The van der Waals surface area contributed by atoms with Gasteiger partial charge in [-0.15, -0.1) is 0 Å². The third-order valence-corrected chi connectivity index (χ3v) is 5.72. The molecule has 2 heteroatoms. The van der Waals surface area contributed by atoms with Crippen LogP contribution in [0, 0.1) is 11.8 Å². The maximum Gasteiger partial charge on any atom is 0.0229 e. The molecule has 0 radical (unpaired) electrons. The van der Waals surface area contributed by atoms with Gasteiger partial charge in [0.05, 0.1) is 0 Å². The molecular formula is C14H29NS. The highest BCUT2D eigenvalue weighted by molar-refractivity contribution is 8.00. The highest BCUT2D eigenvalue weighted by Crippen LogP contribution is 2.38. The zero-order valence-electron chi connectivity index (χ0n) is 11.6.